The third-order valence-electron chi connectivity index (χ3n) is 3.93. The Hall–Kier alpha value is -2.97. The second-order valence-corrected chi connectivity index (χ2v) is 6.77. The molecule has 0 saturated heterocycles. The van der Waals surface area contributed by atoms with Crippen LogP contribution in [0.15, 0.2) is 48.5 Å². The van der Waals surface area contributed by atoms with E-state index in [1.54, 1.807) is 48.5 Å². The summed E-state index contributed by atoms with van der Waals surface area (Å²) in [5.41, 5.74) is 1.78. The van der Waals surface area contributed by atoms with Crippen LogP contribution in [0.3, 0.4) is 0 Å². The zero-order valence-electron chi connectivity index (χ0n) is 17.2. The number of anilines is 2. The van der Waals surface area contributed by atoms with Gasteiger partial charge in [0, 0.05) is 30.0 Å². The number of rotatable bonds is 10. The van der Waals surface area contributed by atoms with Crippen molar-refractivity contribution in [2.75, 3.05) is 30.5 Å². The van der Waals surface area contributed by atoms with E-state index in [1.807, 2.05) is 13.8 Å². The predicted octanol–water partition coefficient (Wildman–Crippen LogP) is 3.97. The van der Waals surface area contributed by atoms with Crippen LogP contribution in [0.4, 0.5) is 11.4 Å². The van der Waals surface area contributed by atoms with Crippen molar-refractivity contribution in [2.24, 2.45) is 0 Å². The van der Waals surface area contributed by atoms with Crippen LogP contribution >= 0.6 is 12.2 Å². The van der Waals surface area contributed by atoms with E-state index in [4.69, 9.17) is 21.7 Å². The maximum atomic E-state index is 12.4. The van der Waals surface area contributed by atoms with E-state index >= 15 is 0 Å². The zero-order valence-corrected chi connectivity index (χ0v) is 18.0. The molecule has 0 bridgehead atoms. The average molecular weight is 430 g/mol. The van der Waals surface area contributed by atoms with Crippen molar-refractivity contribution in [1.82, 2.24) is 5.32 Å². The molecule has 2 aromatic rings. The Balaban J connectivity index is 1.85. The third kappa shape index (κ3) is 8.18. The normalized spacial score (nSPS) is 10.2. The Labute approximate surface area is 182 Å². The van der Waals surface area contributed by atoms with Crippen LogP contribution in [0.1, 0.15) is 37.0 Å². The Morgan fingerprint density at radius 2 is 1.67 bits per heavy atom. The lowest BCUT2D eigenvalue weighted by molar-refractivity contribution is -0.116. The topological polar surface area (TPSA) is 88.7 Å². The molecule has 30 heavy (non-hydrogen) atoms. The molecule has 0 spiro atoms. The van der Waals surface area contributed by atoms with Crippen LogP contribution in [0.5, 0.6) is 5.75 Å². The van der Waals surface area contributed by atoms with Crippen LogP contribution in [-0.2, 0) is 9.53 Å². The SMILES string of the molecule is CCCC(=O)Nc1cccc(NC(=S)NC(=O)c2ccc(OCCOCC)cc2)c1. The number of carbonyl (C=O) groups is 2. The van der Waals surface area contributed by atoms with Crippen LogP contribution in [0.25, 0.3) is 0 Å². The van der Waals surface area contributed by atoms with Crippen molar-refractivity contribution in [3.05, 3.63) is 54.1 Å². The molecule has 160 valence electrons. The van der Waals surface area contributed by atoms with E-state index in [0.717, 1.165) is 6.42 Å². The van der Waals surface area contributed by atoms with Gasteiger partial charge in [0.25, 0.3) is 5.91 Å². The Kier molecular flexibility index (Phi) is 9.76. The molecule has 2 aromatic carbocycles. The first-order chi connectivity index (χ1) is 14.5. The maximum absolute atomic E-state index is 12.4. The fourth-order valence-electron chi connectivity index (χ4n) is 2.53. The molecule has 0 atom stereocenters. The highest BCUT2D eigenvalue weighted by atomic mass is 32.1. The smallest absolute Gasteiger partial charge is 0.257 e. The third-order valence-corrected chi connectivity index (χ3v) is 4.13. The molecule has 0 aliphatic rings. The maximum Gasteiger partial charge on any atom is 0.257 e. The van der Waals surface area contributed by atoms with Crippen molar-refractivity contribution in [2.45, 2.75) is 26.7 Å². The van der Waals surface area contributed by atoms with Gasteiger partial charge in [-0.2, -0.15) is 0 Å². The van der Waals surface area contributed by atoms with Crippen LogP contribution in [0.2, 0.25) is 0 Å². The average Bonchev–Trinajstić information content (AvgIpc) is 2.72. The standard InChI is InChI=1S/C22H27N3O4S/c1-3-6-20(26)23-17-7-5-8-18(15-17)24-22(30)25-21(27)16-9-11-19(12-10-16)29-14-13-28-4-2/h5,7-12,15H,3-4,6,13-14H2,1-2H3,(H,23,26)(H2,24,25,27,30). The van der Waals surface area contributed by atoms with E-state index < -0.39 is 0 Å². The molecule has 0 fully saturated rings. The quantitative estimate of drug-likeness (QED) is 0.391. The number of hydrogen-bond donors (Lipinski definition) is 3. The molecule has 0 aliphatic carbocycles. The molecule has 0 unspecified atom stereocenters. The predicted molar refractivity (Wildman–Crippen MR) is 122 cm³/mol. The fourth-order valence-corrected chi connectivity index (χ4v) is 2.74. The largest absolute Gasteiger partial charge is 0.491 e. The van der Waals surface area contributed by atoms with Gasteiger partial charge >= 0.3 is 0 Å². The number of carbonyl (C=O) groups excluding carboxylic acids is 2. The van der Waals surface area contributed by atoms with Gasteiger partial charge in [-0.1, -0.05) is 13.0 Å². The van der Waals surface area contributed by atoms with Crippen LogP contribution < -0.4 is 20.7 Å². The van der Waals surface area contributed by atoms with Crippen LogP contribution in [0, 0.1) is 0 Å². The first-order valence-electron chi connectivity index (χ1n) is 9.84. The number of hydrogen-bond acceptors (Lipinski definition) is 5. The van der Waals surface area contributed by atoms with Gasteiger partial charge < -0.3 is 20.1 Å². The Morgan fingerprint density at radius 3 is 2.33 bits per heavy atom. The lowest BCUT2D eigenvalue weighted by atomic mass is 10.2. The lowest BCUT2D eigenvalue weighted by Crippen LogP contribution is -2.34. The monoisotopic (exact) mass is 429 g/mol. The Bertz CT molecular complexity index is 856. The summed E-state index contributed by atoms with van der Waals surface area (Å²) in [4.78, 5) is 24.1. The van der Waals surface area contributed by atoms with E-state index in [1.165, 1.54) is 0 Å². The molecule has 8 heteroatoms. The molecule has 7 nitrogen and oxygen atoms in total. The number of ether oxygens (including phenoxy) is 2. The van der Waals surface area contributed by atoms with Gasteiger partial charge in [-0.25, -0.2) is 0 Å². The molecule has 3 N–H and O–H groups in total. The summed E-state index contributed by atoms with van der Waals surface area (Å²) in [5.74, 6) is 0.283. The molecule has 0 saturated carbocycles. The molecule has 0 heterocycles. The van der Waals surface area contributed by atoms with Crippen molar-refractivity contribution in [1.29, 1.82) is 0 Å². The summed E-state index contributed by atoms with van der Waals surface area (Å²) in [6.45, 7) is 5.48. The van der Waals surface area contributed by atoms with Gasteiger partial charge in [0.1, 0.15) is 12.4 Å². The highest BCUT2D eigenvalue weighted by Gasteiger charge is 2.09. The van der Waals surface area contributed by atoms with Gasteiger partial charge in [0.15, 0.2) is 5.11 Å². The number of benzene rings is 2. The van der Waals surface area contributed by atoms with Gasteiger partial charge in [0.05, 0.1) is 6.61 Å². The Morgan fingerprint density at radius 1 is 0.967 bits per heavy atom. The summed E-state index contributed by atoms with van der Waals surface area (Å²) in [6.07, 6.45) is 1.24. The van der Waals surface area contributed by atoms with E-state index in [-0.39, 0.29) is 16.9 Å². The summed E-state index contributed by atoms with van der Waals surface area (Å²) < 4.78 is 10.7. The summed E-state index contributed by atoms with van der Waals surface area (Å²) in [6, 6.07) is 13.9. The van der Waals surface area contributed by atoms with Gasteiger partial charge in [-0.3, -0.25) is 14.9 Å². The first-order valence-corrected chi connectivity index (χ1v) is 10.3. The van der Waals surface area contributed by atoms with E-state index in [0.29, 0.717) is 48.9 Å². The highest BCUT2D eigenvalue weighted by Crippen LogP contribution is 2.16. The second kappa shape index (κ2) is 12.6. The molecule has 2 rings (SSSR count). The molecule has 0 aliphatic heterocycles. The molecule has 0 radical (unpaired) electrons. The van der Waals surface area contributed by atoms with E-state index in [2.05, 4.69) is 16.0 Å². The van der Waals surface area contributed by atoms with Crippen LogP contribution in [-0.4, -0.2) is 36.7 Å². The van der Waals surface area contributed by atoms with Crippen molar-refractivity contribution >= 4 is 40.5 Å². The van der Waals surface area contributed by atoms with Gasteiger partial charge in [-0.15, -0.1) is 0 Å². The highest BCUT2D eigenvalue weighted by molar-refractivity contribution is 7.80. The number of amides is 2. The minimum absolute atomic E-state index is 0.0455. The molecule has 2 amide bonds. The summed E-state index contributed by atoms with van der Waals surface area (Å²) >= 11 is 5.22. The number of thiocarbonyl (C=S) groups is 1. The summed E-state index contributed by atoms with van der Waals surface area (Å²) in [5, 5.41) is 8.57. The molecular weight excluding hydrogens is 402 g/mol. The van der Waals surface area contributed by atoms with Gasteiger partial charge in [-0.05, 0) is 68.0 Å². The molecule has 0 aromatic heterocycles. The van der Waals surface area contributed by atoms with Gasteiger partial charge in [0.2, 0.25) is 5.91 Å². The minimum Gasteiger partial charge on any atom is -0.491 e. The van der Waals surface area contributed by atoms with Crippen molar-refractivity contribution in [3.63, 3.8) is 0 Å². The minimum atomic E-state index is -0.333. The lowest BCUT2D eigenvalue weighted by Gasteiger charge is -2.12. The summed E-state index contributed by atoms with van der Waals surface area (Å²) in [7, 11) is 0. The van der Waals surface area contributed by atoms with Crippen molar-refractivity contribution in [3.8, 4) is 5.75 Å². The number of nitrogens with one attached hydrogen (secondary N) is 3. The van der Waals surface area contributed by atoms with E-state index in [9.17, 15) is 9.59 Å². The fraction of sp³-hybridized carbons (Fsp3) is 0.318. The zero-order chi connectivity index (χ0) is 21.8. The first kappa shape index (κ1) is 23.3. The second-order valence-electron chi connectivity index (χ2n) is 6.36. The molecular formula is C22H27N3O4S. The van der Waals surface area contributed by atoms with Crippen molar-refractivity contribution < 1.29 is 19.1 Å².